The zero-order valence-electron chi connectivity index (χ0n) is 6.50. The molecule has 0 radical (unpaired) electrons. The first-order valence-electron chi connectivity index (χ1n) is 3.32. The van der Waals surface area contributed by atoms with Gasteiger partial charge in [-0.25, -0.2) is 0 Å². The first kappa shape index (κ1) is 9.87. The van der Waals surface area contributed by atoms with Crippen LogP contribution in [0.15, 0.2) is 12.8 Å². The summed E-state index contributed by atoms with van der Waals surface area (Å²) < 4.78 is 29.7. The minimum Gasteiger partial charge on any atom is -0.285 e. The summed E-state index contributed by atoms with van der Waals surface area (Å²) >= 11 is 0. The van der Waals surface area contributed by atoms with Crippen LogP contribution in [0.2, 0.25) is 0 Å². The zero-order valence-corrected chi connectivity index (χ0v) is 7.32. The third kappa shape index (κ3) is 1.61. The maximum absolute atomic E-state index is 11.1. The van der Waals surface area contributed by atoms with Crippen LogP contribution in [0, 0.1) is 0 Å². The maximum Gasteiger partial charge on any atom is 0.277 e. The average Bonchev–Trinajstić information content (AvgIpc) is 2.25. The van der Waals surface area contributed by atoms with Gasteiger partial charge in [-0.05, 0) is 0 Å². The van der Waals surface area contributed by atoms with Gasteiger partial charge in [0.05, 0.1) is 6.42 Å². The van der Waals surface area contributed by atoms with Crippen molar-refractivity contribution in [1.82, 2.24) is 4.90 Å². The van der Waals surface area contributed by atoms with E-state index in [0.717, 1.165) is 6.20 Å². The number of imide groups is 1. The van der Waals surface area contributed by atoms with Gasteiger partial charge in [0.2, 0.25) is 5.91 Å². The van der Waals surface area contributed by atoms with Gasteiger partial charge in [0.1, 0.15) is 0 Å². The number of hydrogen-bond acceptors (Lipinski definition) is 4. The summed E-state index contributed by atoms with van der Waals surface area (Å²) in [5.74, 6) is -1.63. The van der Waals surface area contributed by atoms with Crippen LogP contribution < -0.4 is 0 Å². The van der Waals surface area contributed by atoms with Crippen LogP contribution in [0.5, 0.6) is 0 Å². The summed E-state index contributed by atoms with van der Waals surface area (Å²) in [7, 11) is -4.49. The van der Waals surface area contributed by atoms with Crippen LogP contribution in [0.4, 0.5) is 0 Å². The molecule has 1 atom stereocenters. The van der Waals surface area contributed by atoms with Crippen molar-refractivity contribution in [2.75, 3.05) is 0 Å². The van der Waals surface area contributed by atoms with Crippen LogP contribution >= 0.6 is 0 Å². The van der Waals surface area contributed by atoms with Gasteiger partial charge in [-0.3, -0.25) is 19.0 Å². The summed E-state index contributed by atoms with van der Waals surface area (Å²) in [5.41, 5.74) is 0. The van der Waals surface area contributed by atoms with Crippen molar-refractivity contribution in [3.05, 3.63) is 12.8 Å². The van der Waals surface area contributed by atoms with E-state index >= 15 is 0 Å². The number of carbonyl (C=O) groups excluding carboxylic acids is 2. The van der Waals surface area contributed by atoms with Gasteiger partial charge in [-0.1, -0.05) is 6.58 Å². The molecule has 72 valence electrons. The molecule has 1 saturated heterocycles. The Kier molecular flexibility index (Phi) is 2.22. The minimum absolute atomic E-state index is 0.524. The molecular formula is C6H7NO5S. The third-order valence-electron chi connectivity index (χ3n) is 1.68. The number of rotatable bonds is 2. The largest absolute Gasteiger partial charge is 0.285 e. The first-order chi connectivity index (χ1) is 5.88. The van der Waals surface area contributed by atoms with Crippen molar-refractivity contribution in [3.63, 3.8) is 0 Å². The van der Waals surface area contributed by atoms with Gasteiger partial charge in [0, 0.05) is 6.20 Å². The van der Waals surface area contributed by atoms with Crippen molar-refractivity contribution in [1.29, 1.82) is 0 Å². The molecule has 0 aromatic rings. The van der Waals surface area contributed by atoms with E-state index < -0.39 is 33.6 Å². The fourth-order valence-corrected chi connectivity index (χ4v) is 1.77. The first-order valence-corrected chi connectivity index (χ1v) is 4.83. The normalized spacial score (nSPS) is 23.8. The molecule has 1 heterocycles. The standard InChI is InChI=1S/C6H7NO5S/c1-2-7-5(8)3-4(6(7)9)13(10,11)12/h2,4H,1,3H2,(H,10,11,12). The summed E-state index contributed by atoms with van der Waals surface area (Å²) in [5, 5.41) is -1.67. The molecule has 7 heteroatoms. The Bertz CT molecular complexity index is 370. The molecule has 0 aromatic carbocycles. The Morgan fingerprint density at radius 2 is 2.08 bits per heavy atom. The summed E-state index contributed by atoms with van der Waals surface area (Å²) in [6, 6.07) is 0. The Labute approximate surface area is 74.6 Å². The van der Waals surface area contributed by atoms with Crippen LogP contribution in [0.1, 0.15) is 6.42 Å². The molecule has 6 nitrogen and oxygen atoms in total. The number of hydrogen-bond donors (Lipinski definition) is 1. The van der Waals surface area contributed by atoms with Gasteiger partial charge in [0.25, 0.3) is 16.0 Å². The van der Waals surface area contributed by atoms with E-state index in [2.05, 4.69) is 6.58 Å². The molecular weight excluding hydrogens is 198 g/mol. The summed E-state index contributed by atoms with van der Waals surface area (Å²) in [4.78, 5) is 22.6. The molecule has 1 aliphatic heterocycles. The predicted octanol–water partition coefficient (Wildman–Crippen LogP) is -0.855. The van der Waals surface area contributed by atoms with Crippen LogP contribution in [0.3, 0.4) is 0 Å². The van der Waals surface area contributed by atoms with Gasteiger partial charge in [0.15, 0.2) is 5.25 Å². The lowest BCUT2D eigenvalue weighted by Crippen LogP contribution is -2.31. The lowest BCUT2D eigenvalue weighted by Gasteiger charge is -2.06. The van der Waals surface area contributed by atoms with E-state index in [-0.39, 0.29) is 0 Å². The second-order valence-electron chi connectivity index (χ2n) is 2.49. The molecule has 1 rings (SSSR count). The molecule has 0 aliphatic carbocycles. The van der Waals surface area contributed by atoms with Crippen LogP contribution in [-0.4, -0.2) is 34.9 Å². The van der Waals surface area contributed by atoms with Crippen LogP contribution in [0.25, 0.3) is 0 Å². The Balaban J connectivity index is 3.05. The second-order valence-corrected chi connectivity index (χ2v) is 4.09. The lowest BCUT2D eigenvalue weighted by atomic mass is 10.4. The topological polar surface area (TPSA) is 91.8 Å². The number of carbonyl (C=O) groups is 2. The molecule has 13 heavy (non-hydrogen) atoms. The molecule has 0 bridgehead atoms. The molecule has 1 fully saturated rings. The average molecular weight is 205 g/mol. The third-order valence-corrected chi connectivity index (χ3v) is 2.77. The lowest BCUT2D eigenvalue weighted by molar-refractivity contribution is -0.134. The van der Waals surface area contributed by atoms with Crippen molar-refractivity contribution >= 4 is 21.9 Å². The Hall–Kier alpha value is -1.21. The molecule has 0 spiro atoms. The molecule has 0 aromatic heterocycles. The second kappa shape index (κ2) is 2.93. The molecule has 1 unspecified atom stereocenters. The van der Waals surface area contributed by atoms with E-state index in [0.29, 0.717) is 4.90 Å². The van der Waals surface area contributed by atoms with Crippen molar-refractivity contribution in [3.8, 4) is 0 Å². The molecule has 2 amide bonds. The van der Waals surface area contributed by atoms with Gasteiger partial charge in [-0.2, -0.15) is 8.42 Å². The van der Waals surface area contributed by atoms with Crippen molar-refractivity contribution in [2.24, 2.45) is 0 Å². The Morgan fingerprint density at radius 1 is 1.54 bits per heavy atom. The van der Waals surface area contributed by atoms with Crippen molar-refractivity contribution < 1.29 is 22.6 Å². The molecule has 1 N–H and O–H groups in total. The van der Waals surface area contributed by atoms with Crippen molar-refractivity contribution in [2.45, 2.75) is 11.7 Å². The highest BCUT2D eigenvalue weighted by atomic mass is 32.2. The summed E-state index contributed by atoms with van der Waals surface area (Å²) in [6.07, 6.45) is 0.402. The van der Waals surface area contributed by atoms with Crippen LogP contribution in [-0.2, 0) is 19.7 Å². The van der Waals surface area contributed by atoms with Gasteiger partial charge in [-0.15, -0.1) is 0 Å². The fraction of sp³-hybridized carbons (Fsp3) is 0.333. The number of likely N-dealkylation sites (tertiary alicyclic amines) is 1. The molecule has 1 aliphatic rings. The highest BCUT2D eigenvalue weighted by molar-refractivity contribution is 7.87. The van der Waals surface area contributed by atoms with E-state index in [4.69, 9.17) is 4.55 Å². The smallest absolute Gasteiger partial charge is 0.277 e. The predicted molar refractivity (Wildman–Crippen MR) is 42.0 cm³/mol. The minimum atomic E-state index is -4.49. The van der Waals surface area contributed by atoms with E-state index in [1.807, 2.05) is 0 Å². The van der Waals surface area contributed by atoms with Gasteiger partial charge < -0.3 is 0 Å². The summed E-state index contributed by atoms with van der Waals surface area (Å²) in [6.45, 7) is 3.17. The highest BCUT2D eigenvalue weighted by Crippen LogP contribution is 2.18. The quantitative estimate of drug-likeness (QED) is 0.468. The highest BCUT2D eigenvalue weighted by Gasteiger charge is 2.44. The monoisotopic (exact) mass is 205 g/mol. The maximum atomic E-state index is 11.1. The Morgan fingerprint density at radius 3 is 2.31 bits per heavy atom. The fourth-order valence-electron chi connectivity index (χ4n) is 1.05. The molecule has 0 saturated carbocycles. The van der Waals surface area contributed by atoms with E-state index in [1.54, 1.807) is 0 Å². The SMILES string of the molecule is C=CN1C(=O)CC(S(=O)(=O)O)C1=O. The van der Waals surface area contributed by atoms with Gasteiger partial charge >= 0.3 is 0 Å². The number of amides is 2. The zero-order chi connectivity index (χ0) is 10.2. The van der Waals surface area contributed by atoms with E-state index in [9.17, 15) is 18.0 Å². The van der Waals surface area contributed by atoms with E-state index in [1.165, 1.54) is 0 Å². The number of nitrogens with zero attached hydrogens (tertiary/aromatic N) is 1.